The molecule has 22 heavy (non-hydrogen) atoms. The zero-order valence-corrected chi connectivity index (χ0v) is 13.6. The number of hydrogen-bond acceptors (Lipinski definition) is 3. The van der Waals surface area contributed by atoms with Crippen molar-refractivity contribution in [2.24, 2.45) is 0 Å². The molecule has 4 heteroatoms. The number of thioether (sulfide) groups is 1. The van der Waals surface area contributed by atoms with Crippen molar-refractivity contribution in [2.45, 2.75) is 12.7 Å². The third-order valence-electron chi connectivity index (χ3n) is 3.07. The highest BCUT2D eigenvalue weighted by atomic mass is 32.2. The van der Waals surface area contributed by atoms with Gasteiger partial charge in [-0.1, -0.05) is 48.0 Å². The topological polar surface area (TPSA) is 38.3 Å². The van der Waals surface area contributed by atoms with Crippen LogP contribution in [-0.4, -0.2) is 24.8 Å². The lowest BCUT2D eigenvalue weighted by molar-refractivity contribution is -0.122. The minimum Gasteiger partial charge on any atom is -0.484 e. The second kappa shape index (κ2) is 9.15. The maximum Gasteiger partial charge on any atom is 0.257 e. The summed E-state index contributed by atoms with van der Waals surface area (Å²) >= 11 is 1.81. The minimum absolute atomic E-state index is 0.0621. The molecule has 2 rings (SSSR count). The molecule has 0 saturated heterocycles. The van der Waals surface area contributed by atoms with Crippen molar-refractivity contribution >= 4 is 17.7 Å². The maximum absolute atomic E-state index is 11.6. The minimum atomic E-state index is -0.0835. The maximum atomic E-state index is 11.6. The molecule has 0 spiro atoms. The second-order valence-corrected chi connectivity index (χ2v) is 6.10. The number of para-hydroxylation sites is 1. The lowest BCUT2D eigenvalue weighted by Crippen LogP contribution is -2.30. The van der Waals surface area contributed by atoms with Crippen LogP contribution < -0.4 is 10.1 Å². The van der Waals surface area contributed by atoms with Gasteiger partial charge in [0.25, 0.3) is 5.91 Å². The predicted molar refractivity (Wildman–Crippen MR) is 92.3 cm³/mol. The molecular weight excluding hydrogens is 294 g/mol. The Hall–Kier alpha value is -1.94. The van der Waals surface area contributed by atoms with Crippen LogP contribution >= 0.6 is 11.8 Å². The third kappa shape index (κ3) is 6.22. The van der Waals surface area contributed by atoms with Gasteiger partial charge in [-0.15, -0.1) is 0 Å². The zero-order chi connectivity index (χ0) is 15.6. The van der Waals surface area contributed by atoms with Crippen molar-refractivity contribution in [3.05, 3.63) is 65.7 Å². The molecule has 0 unspecified atom stereocenters. The van der Waals surface area contributed by atoms with Gasteiger partial charge in [0.05, 0.1) is 0 Å². The number of carbonyl (C=O) groups is 1. The highest BCUT2D eigenvalue weighted by Gasteiger charge is 2.02. The van der Waals surface area contributed by atoms with Crippen LogP contribution in [0.1, 0.15) is 11.1 Å². The lowest BCUT2D eigenvalue weighted by Gasteiger charge is -2.07. The highest BCUT2D eigenvalue weighted by molar-refractivity contribution is 7.98. The summed E-state index contributed by atoms with van der Waals surface area (Å²) in [5, 5.41) is 2.86. The standard InChI is InChI=1S/C18H21NO2S/c1-15-7-9-16(10-8-15)14-22-12-11-19-18(20)13-21-17-5-3-2-4-6-17/h2-10H,11-14H2,1H3,(H,19,20). The average molecular weight is 315 g/mol. The first-order valence-corrected chi connectivity index (χ1v) is 8.47. The quantitative estimate of drug-likeness (QED) is 0.759. The fraction of sp³-hybridized carbons (Fsp3) is 0.278. The average Bonchev–Trinajstić information content (AvgIpc) is 2.55. The molecule has 0 bridgehead atoms. The molecule has 1 amide bonds. The molecule has 0 radical (unpaired) electrons. The van der Waals surface area contributed by atoms with Gasteiger partial charge in [0.2, 0.25) is 0 Å². The van der Waals surface area contributed by atoms with Crippen LogP contribution in [0.2, 0.25) is 0 Å². The van der Waals surface area contributed by atoms with Crippen LogP contribution in [0.4, 0.5) is 0 Å². The Morgan fingerprint density at radius 2 is 1.82 bits per heavy atom. The lowest BCUT2D eigenvalue weighted by atomic mass is 10.2. The molecule has 0 aliphatic carbocycles. The number of rotatable bonds is 8. The van der Waals surface area contributed by atoms with E-state index in [0.29, 0.717) is 12.3 Å². The molecule has 116 valence electrons. The van der Waals surface area contributed by atoms with E-state index in [9.17, 15) is 4.79 Å². The van der Waals surface area contributed by atoms with Crippen molar-refractivity contribution < 1.29 is 9.53 Å². The fourth-order valence-corrected chi connectivity index (χ4v) is 2.67. The molecule has 0 aromatic heterocycles. The molecule has 0 fully saturated rings. The molecule has 1 N–H and O–H groups in total. The number of carbonyl (C=O) groups excluding carboxylic acids is 1. The third-order valence-corrected chi connectivity index (χ3v) is 4.10. The zero-order valence-electron chi connectivity index (χ0n) is 12.7. The van der Waals surface area contributed by atoms with Crippen LogP contribution in [-0.2, 0) is 10.5 Å². The SMILES string of the molecule is Cc1ccc(CSCCNC(=O)COc2ccccc2)cc1. The van der Waals surface area contributed by atoms with E-state index in [-0.39, 0.29) is 12.5 Å². The van der Waals surface area contributed by atoms with Crippen LogP contribution in [0.3, 0.4) is 0 Å². The van der Waals surface area contributed by atoms with Crippen molar-refractivity contribution in [3.8, 4) is 5.75 Å². The Morgan fingerprint density at radius 1 is 1.09 bits per heavy atom. The van der Waals surface area contributed by atoms with E-state index in [0.717, 1.165) is 11.5 Å². The summed E-state index contributed by atoms with van der Waals surface area (Å²) < 4.78 is 5.39. The summed E-state index contributed by atoms with van der Waals surface area (Å²) in [5.41, 5.74) is 2.59. The Bertz CT molecular complexity index is 569. The summed E-state index contributed by atoms with van der Waals surface area (Å²) in [7, 11) is 0. The monoisotopic (exact) mass is 315 g/mol. The smallest absolute Gasteiger partial charge is 0.257 e. The molecule has 0 saturated carbocycles. The first-order chi connectivity index (χ1) is 10.7. The molecule has 0 aliphatic heterocycles. The van der Waals surface area contributed by atoms with Crippen LogP contribution in [0, 0.1) is 6.92 Å². The van der Waals surface area contributed by atoms with Gasteiger partial charge in [0, 0.05) is 18.1 Å². The largest absolute Gasteiger partial charge is 0.484 e. The normalized spacial score (nSPS) is 10.2. The molecule has 0 heterocycles. The van der Waals surface area contributed by atoms with Crippen LogP contribution in [0.15, 0.2) is 54.6 Å². The van der Waals surface area contributed by atoms with Gasteiger partial charge in [0.1, 0.15) is 5.75 Å². The van der Waals surface area contributed by atoms with Gasteiger partial charge < -0.3 is 10.1 Å². The van der Waals surface area contributed by atoms with E-state index in [1.54, 1.807) is 0 Å². The number of benzene rings is 2. The van der Waals surface area contributed by atoms with E-state index < -0.39 is 0 Å². The Kier molecular flexibility index (Phi) is 6.84. The van der Waals surface area contributed by atoms with E-state index >= 15 is 0 Å². The summed E-state index contributed by atoms with van der Waals surface area (Å²) in [6, 6.07) is 17.9. The Balaban J connectivity index is 1.54. The number of nitrogens with one attached hydrogen (secondary N) is 1. The first kappa shape index (κ1) is 16.4. The summed E-state index contributed by atoms with van der Waals surface area (Å²) in [5.74, 6) is 2.49. The van der Waals surface area contributed by atoms with E-state index in [1.807, 2.05) is 42.1 Å². The van der Waals surface area contributed by atoms with Gasteiger partial charge in [-0.3, -0.25) is 4.79 Å². The van der Waals surface area contributed by atoms with Gasteiger partial charge >= 0.3 is 0 Å². The van der Waals surface area contributed by atoms with Crippen molar-refractivity contribution in [3.63, 3.8) is 0 Å². The van der Waals surface area contributed by atoms with Crippen molar-refractivity contribution in [1.82, 2.24) is 5.32 Å². The number of aryl methyl sites for hydroxylation is 1. The van der Waals surface area contributed by atoms with Crippen LogP contribution in [0.25, 0.3) is 0 Å². The fourth-order valence-electron chi connectivity index (χ4n) is 1.85. The molecule has 2 aromatic rings. The van der Waals surface area contributed by atoms with E-state index in [1.165, 1.54) is 11.1 Å². The van der Waals surface area contributed by atoms with Gasteiger partial charge in [-0.05, 0) is 24.6 Å². The number of amides is 1. The predicted octanol–water partition coefficient (Wildman–Crippen LogP) is 3.42. The molecule has 3 nitrogen and oxygen atoms in total. The van der Waals surface area contributed by atoms with Gasteiger partial charge in [-0.25, -0.2) is 0 Å². The summed E-state index contributed by atoms with van der Waals surface area (Å²) in [4.78, 5) is 11.6. The Labute approximate surface area is 136 Å². The molecular formula is C18H21NO2S. The number of hydrogen-bond donors (Lipinski definition) is 1. The summed E-state index contributed by atoms with van der Waals surface area (Å²) in [6.45, 7) is 2.81. The van der Waals surface area contributed by atoms with E-state index in [2.05, 4.69) is 36.5 Å². The highest BCUT2D eigenvalue weighted by Crippen LogP contribution is 2.12. The van der Waals surface area contributed by atoms with Crippen LogP contribution in [0.5, 0.6) is 5.75 Å². The van der Waals surface area contributed by atoms with Crippen molar-refractivity contribution in [2.75, 3.05) is 18.9 Å². The molecule has 2 aromatic carbocycles. The van der Waals surface area contributed by atoms with E-state index in [4.69, 9.17) is 4.74 Å². The Morgan fingerprint density at radius 3 is 2.55 bits per heavy atom. The molecule has 0 aliphatic rings. The van der Waals surface area contributed by atoms with Crippen molar-refractivity contribution in [1.29, 1.82) is 0 Å². The van der Waals surface area contributed by atoms with Gasteiger partial charge in [-0.2, -0.15) is 11.8 Å². The number of ether oxygens (including phenoxy) is 1. The van der Waals surface area contributed by atoms with Gasteiger partial charge in [0.15, 0.2) is 6.61 Å². The first-order valence-electron chi connectivity index (χ1n) is 7.32. The molecule has 0 atom stereocenters. The summed E-state index contributed by atoms with van der Waals surface area (Å²) in [6.07, 6.45) is 0. The second-order valence-electron chi connectivity index (χ2n) is 4.99.